The van der Waals surface area contributed by atoms with E-state index >= 15 is 0 Å². The maximum Gasteiger partial charge on any atom is 0.161 e. The van der Waals surface area contributed by atoms with Crippen LogP contribution in [0.2, 0.25) is 5.15 Å². The Morgan fingerprint density at radius 3 is 2.30 bits per heavy atom. The van der Waals surface area contributed by atoms with E-state index in [1.807, 2.05) is 24.3 Å². The average Bonchev–Trinajstić information content (AvgIpc) is 2.96. The van der Waals surface area contributed by atoms with Crippen LogP contribution in [-0.2, 0) is 0 Å². The highest BCUT2D eigenvalue weighted by atomic mass is 79.9. The first kappa shape index (κ1) is 14.5. The van der Waals surface area contributed by atoms with Crippen molar-refractivity contribution >= 4 is 43.5 Å². The number of halogens is 3. The zero-order chi connectivity index (χ0) is 14.1. The lowest BCUT2D eigenvalue weighted by molar-refractivity contribution is 0.691. The molecule has 0 spiro atoms. The van der Waals surface area contributed by atoms with Gasteiger partial charge in [0.2, 0.25) is 0 Å². The molecule has 1 fully saturated rings. The second kappa shape index (κ2) is 6.12. The van der Waals surface area contributed by atoms with Crippen LogP contribution in [0.3, 0.4) is 0 Å². The molecule has 0 atom stereocenters. The summed E-state index contributed by atoms with van der Waals surface area (Å²) in [6.07, 6.45) is 4.91. The quantitative estimate of drug-likeness (QED) is 0.563. The molecular formula is C15H13Br2ClN2. The number of hydrogen-bond acceptors (Lipinski definition) is 2. The summed E-state index contributed by atoms with van der Waals surface area (Å²) in [6, 6.07) is 7.98. The molecule has 20 heavy (non-hydrogen) atoms. The minimum absolute atomic E-state index is 0.499. The van der Waals surface area contributed by atoms with Crippen molar-refractivity contribution in [3.05, 3.63) is 44.1 Å². The Balaban J connectivity index is 2.05. The Morgan fingerprint density at radius 1 is 1.00 bits per heavy atom. The fourth-order valence-electron chi connectivity index (χ4n) is 2.63. The first-order valence-corrected chi connectivity index (χ1v) is 8.60. The topological polar surface area (TPSA) is 25.8 Å². The van der Waals surface area contributed by atoms with E-state index in [-0.39, 0.29) is 0 Å². The summed E-state index contributed by atoms with van der Waals surface area (Å²) < 4.78 is 1.90. The molecule has 0 radical (unpaired) electrons. The van der Waals surface area contributed by atoms with Crippen molar-refractivity contribution in [1.29, 1.82) is 0 Å². The molecule has 1 heterocycles. The summed E-state index contributed by atoms with van der Waals surface area (Å²) in [4.78, 5) is 9.15. The normalized spacial score (nSPS) is 15.8. The minimum atomic E-state index is 0.499. The van der Waals surface area contributed by atoms with E-state index in [2.05, 4.69) is 36.8 Å². The highest BCUT2D eigenvalue weighted by Crippen LogP contribution is 2.39. The Labute approximate surface area is 140 Å². The van der Waals surface area contributed by atoms with Gasteiger partial charge in [0.1, 0.15) is 5.15 Å². The van der Waals surface area contributed by atoms with Crippen molar-refractivity contribution in [3.63, 3.8) is 0 Å². The standard InChI is InChI=1S/C15H13Br2ClN2/c16-11-7-5-10(6-8-11)15-19-13(9-3-1-2-4-9)12(17)14(18)20-15/h5-9H,1-4H2. The van der Waals surface area contributed by atoms with Crippen LogP contribution in [-0.4, -0.2) is 9.97 Å². The maximum atomic E-state index is 6.27. The fraction of sp³-hybridized carbons (Fsp3) is 0.333. The first-order chi connectivity index (χ1) is 9.65. The van der Waals surface area contributed by atoms with Gasteiger partial charge >= 0.3 is 0 Å². The van der Waals surface area contributed by atoms with Gasteiger partial charge in [-0.15, -0.1) is 0 Å². The highest BCUT2D eigenvalue weighted by Gasteiger charge is 2.23. The second-order valence-corrected chi connectivity index (χ2v) is 7.09. The second-order valence-electron chi connectivity index (χ2n) is 5.03. The first-order valence-electron chi connectivity index (χ1n) is 6.64. The number of benzene rings is 1. The van der Waals surface area contributed by atoms with Crippen molar-refractivity contribution in [1.82, 2.24) is 9.97 Å². The van der Waals surface area contributed by atoms with Crippen LogP contribution in [0.1, 0.15) is 37.3 Å². The van der Waals surface area contributed by atoms with Crippen LogP contribution in [0.4, 0.5) is 0 Å². The van der Waals surface area contributed by atoms with Gasteiger partial charge in [0.05, 0.1) is 10.2 Å². The Kier molecular flexibility index (Phi) is 4.43. The number of aromatic nitrogens is 2. The van der Waals surface area contributed by atoms with E-state index in [1.165, 1.54) is 25.7 Å². The predicted octanol–water partition coefficient (Wildman–Crippen LogP) is 5.98. The maximum absolute atomic E-state index is 6.27. The molecule has 0 saturated heterocycles. The summed E-state index contributed by atoms with van der Waals surface area (Å²) in [6.45, 7) is 0. The third kappa shape index (κ3) is 2.92. The largest absolute Gasteiger partial charge is 0.231 e. The zero-order valence-corrected chi connectivity index (χ0v) is 14.7. The van der Waals surface area contributed by atoms with Gasteiger partial charge in [0, 0.05) is 16.0 Å². The van der Waals surface area contributed by atoms with Crippen molar-refractivity contribution in [2.45, 2.75) is 31.6 Å². The molecule has 1 saturated carbocycles. The van der Waals surface area contributed by atoms with E-state index in [0.29, 0.717) is 16.9 Å². The molecule has 0 N–H and O–H groups in total. The van der Waals surface area contributed by atoms with E-state index in [9.17, 15) is 0 Å². The molecule has 1 aliphatic carbocycles. The molecule has 104 valence electrons. The minimum Gasteiger partial charge on any atom is -0.231 e. The summed E-state index contributed by atoms with van der Waals surface area (Å²) in [7, 11) is 0. The third-order valence-corrected chi connectivity index (χ3v) is 5.49. The molecule has 2 nitrogen and oxygen atoms in total. The smallest absolute Gasteiger partial charge is 0.161 e. The SMILES string of the molecule is Clc1nc(-c2ccc(Br)cc2)nc(C2CCCC2)c1Br. The van der Waals surface area contributed by atoms with Gasteiger partial charge in [0.25, 0.3) is 0 Å². The molecule has 0 aliphatic heterocycles. The van der Waals surface area contributed by atoms with Gasteiger partial charge in [0.15, 0.2) is 5.82 Å². The average molecular weight is 417 g/mol. The molecule has 0 bridgehead atoms. The molecule has 0 amide bonds. The third-order valence-electron chi connectivity index (χ3n) is 3.68. The van der Waals surface area contributed by atoms with E-state index in [1.54, 1.807) is 0 Å². The lowest BCUT2D eigenvalue weighted by atomic mass is 10.0. The zero-order valence-electron chi connectivity index (χ0n) is 10.7. The molecular weight excluding hydrogens is 403 g/mol. The van der Waals surface area contributed by atoms with Gasteiger partial charge in [-0.05, 0) is 40.9 Å². The monoisotopic (exact) mass is 414 g/mol. The molecule has 1 aromatic heterocycles. The van der Waals surface area contributed by atoms with Gasteiger partial charge in [-0.1, -0.05) is 52.5 Å². The number of rotatable bonds is 2. The van der Waals surface area contributed by atoms with Crippen LogP contribution >= 0.6 is 43.5 Å². The molecule has 0 unspecified atom stereocenters. The Morgan fingerprint density at radius 2 is 1.65 bits per heavy atom. The van der Waals surface area contributed by atoms with Crippen molar-refractivity contribution in [2.75, 3.05) is 0 Å². The van der Waals surface area contributed by atoms with Crippen LogP contribution < -0.4 is 0 Å². The van der Waals surface area contributed by atoms with Crippen LogP contribution in [0.15, 0.2) is 33.2 Å². The highest BCUT2D eigenvalue weighted by molar-refractivity contribution is 9.10. The van der Waals surface area contributed by atoms with Gasteiger partial charge in [-0.2, -0.15) is 0 Å². The summed E-state index contributed by atoms with van der Waals surface area (Å²) in [5.74, 6) is 1.20. The van der Waals surface area contributed by atoms with Gasteiger partial charge < -0.3 is 0 Å². The van der Waals surface area contributed by atoms with Gasteiger partial charge in [-0.25, -0.2) is 9.97 Å². The Bertz CT molecular complexity index is 623. The van der Waals surface area contributed by atoms with Crippen LogP contribution in [0.25, 0.3) is 11.4 Å². The van der Waals surface area contributed by atoms with Crippen molar-refractivity contribution < 1.29 is 0 Å². The van der Waals surface area contributed by atoms with E-state index in [0.717, 1.165) is 20.2 Å². The van der Waals surface area contributed by atoms with E-state index < -0.39 is 0 Å². The number of nitrogens with zero attached hydrogens (tertiary/aromatic N) is 2. The number of hydrogen-bond donors (Lipinski definition) is 0. The molecule has 5 heteroatoms. The molecule has 1 aliphatic rings. The summed E-state index contributed by atoms with van der Waals surface area (Å²) in [5, 5.41) is 0.500. The Hall–Kier alpha value is -0.450. The fourth-order valence-corrected chi connectivity index (χ4v) is 3.58. The van der Waals surface area contributed by atoms with E-state index in [4.69, 9.17) is 16.6 Å². The van der Waals surface area contributed by atoms with Crippen molar-refractivity contribution in [2.24, 2.45) is 0 Å². The summed E-state index contributed by atoms with van der Waals surface area (Å²) in [5.41, 5.74) is 2.04. The van der Waals surface area contributed by atoms with Crippen LogP contribution in [0, 0.1) is 0 Å². The van der Waals surface area contributed by atoms with Crippen molar-refractivity contribution in [3.8, 4) is 11.4 Å². The molecule has 1 aromatic carbocycles. The summed E-state index contributed by atoms with van der Waals surface area (Å²) >= 11 is 13.3. The van der Waals surface area contributed by atoms with Crippen LogP contribution in [0.5, 0.6) is 0 Å². The van der Waals surface area contributed by atoms with Gasteiger partial charge in [-0.3, -0.25) is 0 Å². The molecule has 2 aromatic rings. The lowest BCUT2D eigenvalue weighted by Crippen LogP contribution is -2.02. The lowest BCUT2D eigenvalue weighted by Gasteiger charge is -2.13. The predicted molar refractivity (Wildman–Crippen MR) is 89.1 cm³/mol. The molecule has 3 rings (SSSR count).